The second-order valence-electron chi connectivity index (χ2n) is 7.27. The molecule has 27 heavy (non-hydrogen) atoms. The van der Waals surface area contributed by atoms with Crippen LogP contribution in [0.3, 0.4) is 0 Å². The summed E-state index contributed by atoms with van der Waals surface area (Å²) in [5, 5.41) is 18.5. The highest BCUT2D eigenvalue weighted by atomic mass is 79.9. The highest BCUT2D eigenvalue weighted by molar-refractivity contribution is 9.10. The second-order valence-corrected chi connectivity index (χ2v) is 8.19. The Hall–Kier alpha value is -2.33. The third-order valence-electron chi connectivity index (χ3n) is 5.66. The van der Waals surface area contributed by atoms with E-state index in [1.165, 1.54) is 0 Å². The van der Waals surface area contributed by atoms with Crippen molar-refractivity contribution in [1.29, 1.82) is 0 Å². The zero-order valence-corrected chi connectivity index (χ0v) is 16.1. The van der Waals surface area contributed by atoms with Gasteiger partial charge in [0.2, 0.25) is 0 Å². The summed E-state index contributed by atoms with van der Waals surface area (Å²) < 4.78 is 18.1. The summed E-state index contributed by atoms with van der Waals surface area (Å²) in [6.07, 6.45) is -3.36. The van der Waals surface area contributed by atoms with E-state index in [9.17, 15) is 19.8 Å². The lowest BCUT2D eigenvalue weighted by Gasteiger charge is -2.61. The first-order valence-electron chi connectivity index (χ1n) is 8.19. The number of benzene rings is 1. The molecular formula is C17H17BrN2O7. The van der Waals surface area contributed by atoms with Gasteiger partial charge in [0.1, 0.15) is 23.5 Å². The number of imide groups is 1. The number of nitrogens with zero attached hydrogens (tertiary/aromatic N) is 2. The minimum Gasteiger partial charge on any atom is -0.487 e. The number of hydrogen-bond donors (Lipinski definition) is 2. The lowest BCUT2D eigenvalue weighted by Crippen LogP contribution is -2.71. The fourth-order valence-electron chi connectivity index (χ4n) is 4.08. The van der Waals surface area contributed by atoms with Crippen LogP contribution in [0.5, 0.6) is 5.75 Å². The van der Waals surface area contributed by atoms with Crippen molar-refractivity contribution in [2.45, 2.75) is 25.0 Å². The standard InChI is InChI=1S/C17H17BrN2O7/c1-15(2)16(6-25-7-16)17(10-5-9(18)3-4-11(10)27-15)8-26-12(19-17)20(13(21)22)14(23)24/h3-5H,6-8H2,1-2H3,(H,21,22)(H,23,24)/t17-/m0/s1. The maximum Gasteiger partial charge on any atom is 0.425 e. The Morgan fingerprint density at radius 2 is 1.85 bits per heavy atom. The first kappa shape index (κ1) is 18.1. The van der Waals surface area contributed by atoms with Gasteiger partial charge >= 0.3 is 18.2 Å². The molecule has 0 aromatic heterocycles. The molecular weight excluding hydrogens is 424 g/mol. The summed E-state index contributed by atoms with van der Waals surface area (Å²) in [5.74, 6) is 0.589. The summed E-state index contributed by atoms with van der Waals surface area (Å²) in [4.78, 5) is 27.4. The van der Waals surface area contributed by atoms with Crippen LogP contribution in [-0.2, 0) is 15.0 Å². The molecule has 0 unspecified atom stereocenters. The summed E-state index contributed by atoms with van der Waals surface area (Å²) in [5.41, 5.74) is -1.68. The molecule has 1 aromatic carbocycles. The van der Waals surface area contributed by atoms with Crippen LogP contribution >= 0.6 is 15.9 Å². The quantitative estimate of drug-likeness (QED) is 0.636. The molecule has 144 valence electrons. The van der Waals surface area contributed by atoms with E-state index in [2.05, 4.69) is 20.9 Å². The Morgan fingerprint density at radius 3 is 2.41 bits per heavy atom. The normalized spacial score (nSPS) is 26.4. The van der Waals surface area contributed by atoms with Crippen molar-refractivity contribution in [3.63, 3.8) is 0 Å². The molecule has 4 rings (SSSR count). The van der Waals surface area contributed by atoms with E-state index in [1.54, 1.807) is 6.07 Å². The number of halogens is 1. The van der Waals surface area contributed by atoms with Crippen molar-refractivity contribution in [2.24, 2.45) is 10.4 Å². The minimum atomic E-state index is -1.68. The average molecular weight is 441 g/mol. The van der Waals surface area contributed by atoms with Gasteiger partial charge in [-0.3, -0.25) is 0 Å². The van der Waals surface area contributed by atoms with Crippen molar-refractivity contribution in [2.75, 3.05) is 19.8 Å². The van der Waals surface area contributed by atoms with Gasteiger partial charge in [-0.25, -0.2) is 14.6 Å². The van der Waals surface area contributed by atoms with Gasteiger partial charge in [0.05, 0.1) is 18.6 Å². The predicted molar refractivity (Wildman–Crippen MR) is 95.1 cm³/mol. The van der Waals surface area contributed by atoms with E-state index in [0.717, 1.165) is 4.47 Å². The fourth-order valence-corrected chi connectivity index (χ4v) is 4.44. The summed E-state index contributed by atoms with van der Waals surface area (Å²) in [6, 6.07) is 5.00. The third-order valence-corrected chi connectivity index (χ3v) is 6.16. The van der Waals surface area contributed by atoms with Gasteiger partial charge in [0, 0.05) is 10.0 Å². The van der Waals surface area contributed by atoms with Gasteiger partial charge in [0.15, 0.2) is 0 Å². The Morgan fingerprint density at radius 1 is 1.19 bits per heavy atom. The first-order valence-corrected chi connectivity index (χ1v) is 8.98. The second kappa shape index (κ2) is 5.59. The van der Waals surface area contributed by atoms with Crippen LogP contribution in [0, 0.1) is 5.41 Å². The van der Waals surface area contributed by atoms with Gasteiger partial charge in [-0.1, -0.05) is 15.9 Å². The summed E-state index contributed by atoms with van der Waals surface area (Å²) >= 11 is 3.44. The molecule has 9 nitrogen and oxygen atoms in total. The SMILES string of the molecule is CC1(C)Oc2ccc(Br)cc2[C@@]2(COC(N(C(=O)O)C(=O)O)=N2)C12COC2. The van der Waals surface area contributed by atoms with Gasteiger partial charge in [-0.15, -0.1) is 4.90 Å². The van der Waals surface area contributed by atoms with Crippen molar-refractivity contribution < 1.29 is 34.0 Å². The van der Waals surface area contributed by atoms with E-state index in [0.29, 0.717) is 24.5 Å². The van der Waals surface area contributed by atoms with E-state index in [4.69, 9.17) is 14.2 Å². The Bertz CT molecular complexity index is 866. The molecule has 2 N–H and O–H groups in total. The molecule has 1 atom stereocenters. The molecule has 10 heteroatoms. The van der Waals surface area contributed by atoms with Crippen LogP contribution in [-0.4, -0.2) is 58.7 Å². The van der Waals surface area contributed by atoms with Crippen molar-refractivity contribution in [3.05, 3.63) is 28.2 Å². The van der Waals surface area contributed by atoms with Gasteiger partial charge < -0.3 is 24.4 Å². The number of aliphatic imine (C=N–C) groups is 1. The van der Waals surface area contributed by atoms with Crippen molar-refractivity contribution in [3.8, 4) is 5.75 Å². The Kier molecular flexibility index (Phi) is 3.73. The number of rotatable bonds is 0. The Labute approximate surface area is 162 Å². The van der Waals surface area contributed by atoms with Crippen molar-refractivity contribution >= 4 is 34.1 Å². The van der Waals surface area contributed by atoms with Crippen molar-refractivity contribution in [1.82, 2.24) is 4.90 Å². The molecule has 0 bridgehead atoms. The molecule has 0 radical (unpaired) electrons. The third kappa shape index (κ3) is 2.23. The zero-order chi connectivity index (χ0) is 19.6. The van der Waals surface area contributed by atoms with E-state index >= 15 is 0 Å². The first-order chi connectivity index (χ1) is 12.6. The summed E-state index contributed by atoms with van der Waals surface area (Å²) in [6.45, 7) is 4.47. The van der Waals surface area contributed by atoms with Crippen LogP contribution in [0.25, 0.3) is 0 Å². The van der Waals surface area contributed by atoms with Crippen LogP contribution < -0.4 is 4.74 Å². The molecule has 3 heterocycles. The molecule has 1 aromatic rings. The smallest absolute Gasteiger partial charge is 0.425 e. The van der Waals surface area contributed by atoms with E-state index in [-0.39, 0.29) is 11.5 Å². The number of hydrogen-bond acceptors (Lipinski definition) is 6. The topological polar surface area (TPSA) is 118 Å². The van der Waals surface area contributed by atoms with Gasteiger partial charge in [0.25, 0.3) is 0 Å². The minimum absolute atomic E-state index is 0.0149. The molecule has 0 saturated carbocycles. The van der Waals surface area contributed by atoms with Gasteiger partial charge in [-0.05, 0) is 32.0 Å². The number of fused-ring (bicyclic) bond motifs is 3. The number of carbonyl (C=O) groups is 2. The largest absolute Gasteiger partial charge is 0.487 e. The Balaban J connectivity index is 1.95. The highest BCUT2D eigenvalue weighted by Gasteiger charge is 2.71. The number of amidine groups is 1. The molecule has 3 aliphatic heterocycles. The van der Waals surface area contributed by atoms with Crippen LogP contribution in [0.1, 0.15) is 19.4 Å². The highest BCUT2D eigenvalue weighted by Crippen LogP contribution is 2.62. The van der Waals surface area contributed by atoms with Crippen LogP contribution in [0.15, 0.2) is 27.7 Å². The maximum absolute atomic E-state index is 11.4. The zero-order valence-electron chi connectivity index (χ0n) is 14.6. The molecule has 2 spiro atoms. The lowest BCUT2D eigenvalue weighted by molar-refractivity contribution is -0.247. The van der Waals surface area contributed by atoms with E-state index in [1.807, 2.05) is 26.0 Å². The average Bonchev–Trinajstić information content (AvgIpc) is 2.91. The fraction of sp³-hybridized carbons (Fsp3) is 0.471. The van der Waals surface area contributed by atoms with Gasteiger partial charge in [-0.2, -0.15) is 0 Å². The lowest BCUT2D eigenvalue weighted by atomic mass is 9.56. The summed E-state index contributed by atoms with van der Waals surface area (Å²) in [7, 11) is 0. The predicted octanol–water partition coefficient (Wildman–Crippen LogP) is 2.88. The number of amides is 2. The molecule has 0 aliphatic carbocycles. The van der Waals surface area contributed by atoms with Crippen LogP contribution in [0.2, 0.25) is 0 Å². The molecule has 1 fully saturated rings. The van der Waals surface area contributed by atoms with E-state index < -0.39 is 34.8 Å². The monoisotopic (exact) mass is 440 g/mol. The molecule has 3 aliphatic rings. The maximum atomic E-state index is 11.4. The number of carboxylic acid groups (broad SMARTS) is 2. The molecule has 2 amide bonds. The number of ether oxygens (including phenoxy) is 3. The molecule has 1 saturated heterocycles. The van der Waals surface area contributed by atoms with Crippen LogP contribution in [0.4, 0.5) is 9.59 Å².